The second kappa shape index (κ2) is 13.7. The molecule has 0 aromatic heterocycles. The Morgan fingerprint density at radius 1 is 1.27 bits per heavy atom. The van der Waals surface area contributed by atoms with Gasteiger partial charge in [0.1, 0.15) is 0 Å². The van der Waals surface area contributed by atoms with Crippen molar-refractivity contribution in [2.45, 2.75) is 45.7 Å². The maximum Gasteiger partial charge on any atom is 0.191 e. The Morgan fingerprint density at radius 2 is 2.00 bits per heavy atom. The summed E-state index contributed by atoms with van der Waals surface area (Å²) >= 11 is 1.89. The summed E-state index contributed by atoms with van der Waals surface area (Å²) in [5, 5.41) is 7.02. The van der Waals surface area contributed by atoms with E-state index in [0.29, 0.717) is 6.04 Å². The molecule has 2 rings (SSSR count). The molecule has 0 bridgehead atoms. The van der Waals surface area contributed by atoms with Gasteiger partial charge in [0.15, 0.2) is 5.96 Å². The van der Waals surface area contributed by atoms with Gasteiger partial charge < -0.3 is 10.6 Å². The predicted octanol–water partition coefficient (Wildman–Crippen LogP) is 3.89. The summed E-state index contributed by atoms with van der Waals surface area (Å²) in [6.45, 7) is 9.53. The first-order valence-corrected chi connectivity index (χ1v) is 10.9. The number of nitrogens with zero attached hydrogens (tertiary/aromatic N) is 2. The molecular formula is C20H35IN4S. The number of hydrogen-bond donors (Lipinski definition) is 2. The molecule has 26 heavy (non-hydrogen) atoms. The molecule has 0 amide bonds. The number of guanidine groups is 1. The van der Waals surface area contributed by atoms with Crippen LogP contribution >= 0.6 is 35.7 Å². The topological polar surface area (TPSA) is 39.7 Å². The molecule has 1 fully saturated rings. The van der Waals surface area contributed by atoms with Gasteiger partial charge in [-0.1, -0.05) is 24.3 Å². The number of likely N-dealkylation sites (tertiary alicyclic amines) is 1. The van der Waals surface area contributed by atoms with Crippen molar-refractivity contribution in [3.63, 3.8) is 0 Å². The maximum atomic E-state index is 4.71. The van der Waals surface area contributed by atoms with Crippen molar-refractivity contribution in [3.8, 4) is 0 Å². The van der Waals surface area contributed by atoms with Gasteiger partial charge in [0.25, 0.3) is 0 Å². The molecule has 1 aliphatic rings. The Kier molecular flexibility index (Phi) is 12.4. The second-order valence-corrected chi connectivity index (χ2v) is 7.71. The summed E-state index contributed by atoms with van der Waals surface area (Å²) in [6.07, 6.45) is 5.66. The van der Waals surface area contributed by atoms with Gasteiger partial charge in [0, 0.05) is 38.8 Å². The van der Waals surface area contributed by atoms with Crippen molar-refractivity contribution in [1.82, 2.24) is 15.5 Å². The Morgan fingerprint density at radius 3 is 2.65 bits per heavy atom. The number of rotatable bonds is 8. The fourth-order valence-electron chi connectivity index (χ4n) is 3.18. The van der Waals surface area contributed by atoms with Crippen LogP contribution in [0.2, 0.25) is 0 Å². The molecule has 0 aliphatic carbocycles. The first-order valence-electron chi connectivity index (χ1n) is 9.53. The number of benzene rings is 1. The molecule has 148 valence electrons. The number of aliphatic imine (C=N–C) groups is 1. The van der Waals surface area contributed by atoms with Gasteiger partial charge in [-0.25, -0.2) is 0 Å². The van der Waals surface area contributed by atoms with Crippen LogP contribution in [0.3, 0.4) is 0 Å². The number of thioether (sulfide) groups is 1. The van der Waals surface area contributed by atoms with Crippen molar-refractivity contribution in [2.24, 2.45) is 4.99 Å². The van der Waals surface area contributed by atoms with E-state index in [4.69, 9.17) is 4.99 Å². The average molecular weight is 490 g/mol. The van der Waals surface area contributed by atoms with Gasteiger partial charge in [0.2, 0.25) is 0 Å². The van der Waals surface area contributed by atoms with Gasteiger partial charge in [-0.05, 0) is 56.2 Å². The van der Waals surface area contributed by atoms with E-state index in [9.17, 15) is 0 Å². The molecule has 1 saturated heterocycles. The lowest BCUT2D eigenvalue weighted by molar-refractivity contribution is 0.198. The van der Waals surface area contributed by atoms with Gasteiger partial charge in [-0.2, -0.15) is 11.8 Å². The smallest absolute Gasteiger partial charge is 0.191 e. The van der Waals surface area contributed by atoms with Gasteiger partial charge in [0.05, 0.1) is 0 Å². The standard InChI is InChI=1S/C20H34N4S.HI/c1-4-21-20(22-12-7-15-25-3)23-19-10-13-24(14-11-19)16-18-9-6-5-8-17(18)2;/h5-6,8-9,19H,4,7,10-16H2,1-3H3,(H2,21,22,23);1H. The predicted molar refractivity (Wildman–Crippen MR) is 127 cm³/mol. The molecule has 4 nitrogen and oxygen atoms in total. The third-order valence-electron chi connectivity index (χ3n) is 4.70. The molecule has 6 heteroatoms. The molecule has 1 aromatic carbocycles. The molecule has 0 spiro atoms. The molecule has 0 unspecified atom stereocenters. The lowest BCUT2D eigenvalue weighted by atomic mass is 10.0. The van der Waals surface area contributed by atoms with Crippen molar-refractivity contribution < 1.29 is 0 Å². The van der Waals surface area contributed by atoms with Crippen LogP contribution in [0.4, 0.5) is 0 Å². The van der Waals surface area contributed by atoms with Gasteiger partial charge in [-0.3, -0.25) is 9.89 Å². The van der Waals surface area contributed by atoms with E-state index in [1.807, 2.05) is 11.8 Å². The van der Waals surface area contributed by atoms with Crippen LogP contribution in [0, 0.1) is 6.92 Å². The Labute approximate surface area is 181 Å². The molecule has 0 atom stereocenters. The molecule has 1 heterocycles. The Balaban J connectivity index is 0.00000338. The summed E-state index contributed by atoms with van der Waals surface area (Å²) in [4.78, 5) is 7.28. The third kappa shape index (κ3) is 8.48. The number of halogens is 1. The van der Waals surface area contributed by atoms with E-state index in [1.165, 1.54) is 29.7 Å². The zero-order valence-electron chi connectivity index (χ0n) is 16.5. The highest BCUT2D eigenvalue weighted by Crippen LogP contribution is 2.16. The molecular weight excluding hydrogens is 455 g/mol. The lowest BCUT2D eigenvalue weighted by Crippen LogP contribution is -2.48. The largest absolute Gasteiger partial charge is 0.357 e. The maximum absolute atomic E-state index is 4.71. The minimum atomic E-state index is 0. The van der Waals surface area contributed by atoms with Gasteiger partial charge in [-0.15, -0.1) is 24.0 Å². The van der Waals surface area contributed by atoms with E-state index in [-0.39, 0.29) is 24.0 Å². The summed E-state index contributed by atoms with van der Waals surface area (Å²) < 4.78 is 0. The SMILES string of the molecule is CCNC(=NCCCSC)NC1CCN(Cc2ccccc2C)CC1.I. The number of aryl methyl sites for hydroxylation is 1. The van der Waals surface area contributed by atoms with E-state index < -0.39 is 0 Å². The molecule has 0 radical (unpaired) electrons. The van der Waals surface area contributed by atoms with Crippen LogP contribution in [-0.4, -0.2) is 55.1 Å². The van der Waals surface area contributed by atoms with Crippen LogP contribution in [0.25, 0.3) is 0 Å². The van der Waals surface area contributed by atoms with Crippen molar-refractivity contribution in [1.29, 1.82) is 0 Å². The third-order valence-corrected chi connectivity index (χ3v) is 5.40. The first-order chi connectivity index (χ1) is 12.2. The van der Waals surface area contributed by atoms with Crippen molar-refractivity contribution >= 4 is 41.7 Å². The van der Waals surface area contributed by atoms with Crippen LogP contribution in [-0.2, 0) is 6.54 Å². The minimum absolute atomic E-state index is 0. The highest BCUT2D eigenvalue weighted by Gasteiger charge is 2.20. The quantitative estimate of drug-likeness (QED) is 0.251. The van der Waals surface area contributed by atoms with Crippen LogP contribution < -0.4 is 10.6 Å². The minimum Gasteiger partial charge on any atom is -0.357 e. The fourth-order valence-corrected chi connectivity index (χ4v) is 3.59. The summed E-state index contributed by atoms with van der Waals surface area (Å²) in [5.41, 5.74) is 2.85. The monoisotopic (exact) mass is 490 g/mol. The number of nitrogens with one attached hydrogen (secondary N) is 2. The molecule has 2 N–H and O–H groups in total. The normalized spacial score (nSPS) is 16.2. The number of hydrogen-bond acceptors (Lipinski definition) is 3. The first kappa shape index (κ1) is 23.6. The van der Waals surface area contributed by atoms with Crippen LogP contribution in [0.15, 0.2) is 29.3 Å². The highest BCUT2D eigenvalue weighted by molar-refractivity contribution is 14.0. The zero-order chi connectivity index (χ0) is 17.9. The summed E-state index contributed by atoms with van der Waals surface area (Å²) in [5.74, 6) is 2.17. The van der Waals surface area contributed by atoms with Crippen molar-refractivity contribution in [2.75, 3.05) is 38.2 Å². The molecule has 1 aliphatic heterocycles. The van der Waals surface area contributed by atoms with E-state index in [1.54, 1.807) is 0 Å². The highest BCUT2D eigenvalue weighted by atomic mass is 127. The second-order valence-electron chi connectivity index (χ2n) is 6.73. The fraction of sp³-hybridized carbons (Fsp3) is 0.650. The number of piperidine rings is 1. The van der Waals surface area contributed by atoms with Crippen LogP contribution in [0.5, 0.6) is 0 Å². The average Bonchev–Trinajstić information content (AvgIpc) is 2.62. The van der Waals surface area contributed by atoms with Crippen molar-refractivity contribution in [3.05, 3.63) is 35.4 Å². The molecule has 1 aromatic rings. The Hall–Kier alpha value is -0.470. The van der Waals surface area contributed by atoms with Crippen LogP contribution in [0.1, 0.15) is 37.3 Å². The molecule has 0 saturated carbocycles. The van der Waals surface area contributed by atoms with E-state index in [0.717, 1.165) is 45.1 Å². The Bertz CT molecular complexity index is 530. The van der Waals surface area contributed by atoms with Gasteiger partial charge >= 0.3 is 0 Å². The summed E-state index contributed by atoms with van der Waals surface area (Å²) in [7, 11) is 0. The summed E-state index contributed by atoms with van der Waals surface area (Å²) in [6, 6.07) is 9.26. The lowest BCUT2D eigenvalue weighted by Gasteiger charge is -2.33. The zero-order valence-corrected chi connectivity index (χ0v) is 19.6. The van der Waals surface area contributed by atoms with E-state index >= 15 is 0 Å². The van der Waals surface area contributed by atoms with E-state index in [2.05, 4.69) is 59.9 Å².